The molecular formula is C50H64N6O10. The van der Waals surface area contributed by atoms with Gasteiger partial charge in [-0.05, 0) is 111 Å². The van der Waals surface area contributed by atoms with E-state index in [1.54, 1.807) is 9.36 Å². The van der Waals surface area contributed by atoms with Crippen molar-refractivity contribution in [1.29, 1.82) is 0 Å². The number of nitrogens with zero attached hydrogens (tertiary/aromatic N) is 6. The maximum Gasteiger partial charge on any atom is 0.201 e. The van der Waals surface area contributed by atoms with Crippen LogP contribution in [0.2, 0.25) is 0 Å². The van der Waals surface area contributed by atoms with E-state index in [1.165, 1.54) is 0 Å². The van der Waals surface area contributed by atoms with E-state index in [1.807, 2.05) is 26.2 Å². The Bertz CT molecular complexity index is 2220. The number of benzene rings is 2. The highest BCUT2D eigenvalue weighted by molar-refractivity contribution is 5.65. The third-order valence-electron chi connectivity index (χ3n) is 17.2. The molecule has 0 amide bonds. The van der Waals surface area contributed by atoms with Crippen molar-refractivity contribution in [3.05, 3.63) is 72.3 Å². The molecule has 16 nitrogen and oxygen atoms in total. The minimum absolute atomic E-state index is 0.122. The molecule has 2 spiro atoms. The van der Waals surface area contributed by atoms with Crippen LogP contribution in [0.3, 0.4) is 0 Å². The van der Waals surface area contributed by atoms with Gasteiger partial charge < -0.3 is 28.4 Å². The number of aromatic nitrogens is 6. The molecule has 10 aliphatic rings. The van der Waals surface area contributed by atoms with E-state index in [4.69, 9.17) is 48.0 Å². The number of fused-ring (bicyclic) bond motifs is 4. The zero-order valence-corrected chi connectivity index (χ0v) is 39.0. The normalized spacial score (nSPS) is 42.3. The molecule has 0 radical (unpaired) electrons. The lowest BCUT2D eigenvalue weighted by atomic mass is 9.58. The second-order valence-electron chi connectivity index (χ2n) is 21.2. The molecule has 14 rings (SSSR count). The zero-order chi connectivity index (χ0) is 45.0. The summed E-state index contributed by atoms with van der Waals surface area (Å²) in [5, 5.41) is 17.8. The maximum atomic E-state index is 6.60. The van der Waals surface area contributed by atoms with Crippen LogP contribution in [-0.2, 0) is 60.8 Å². The molecule has 2 aromatic carbocycles. The quantitative estimate of drug-likeness (QED) is 0.133. The second-order valence-corrected chi connectivity index (χ2v) is 21.2. The van der Waals surface area contributed by atoms with Crippen molar-refractivity contribution in [2.45, 2.75) is 154 Å². The molecule has 10 fully saturated rings. The fourth-order valence-electron chi connectivity index (χ4n) is 13.4. The topological polar surface area (TPSA) is 154 Å². The van der Waals surface area contributed by atoms with Gasteiger partial charge in [0.05, 0.1) is 48.4 Å². The van der Waals surface area contributed by atoms with Gasteiger partial charge in [0, 0.05) is 49.4 Å². The van der Waals surface area contributed by atoms with E-state index in [9.17, 15) is 0 Å². The summed E-state index contributed by atoms with van der Waals surface area (Å²) in [6, 6.07) is 16.6. The van der Waals surface area contributed by atoms with Crippen molar-refractivity contribution in [1.82, 2.24) is 30.0 Å². The second kappa shape index (κ2) is 16.5. The van der Waals surface area contributed by atoms with Gasteiger partial charge in [0.2, 0.25) is 11.6 Å². The van der Waals surface area contributed by atoms with Crippen LogP contribution in [0.4, 0.5) is 0 Å². The first-order valence-electron chi connectivity index (χ1n) is 24.6. The molecule has 2 saturated carbocycles. The summed E-state index contributed by atoms with van der Waals surface area (Å²) in [5.74, 6) is 0.761. The number of rotatable bonds is 11. The summed E-state index contributed by atoms with van der Waals surface area (Å²) < 4.78 is 42.7. The van der Waals surface area contributed by atoms with Crippen LogP contribution in [-0.4, -0.2) is 91.1 Å². The molecular weight excluding hydrogens is 845 g/mol. The van der Waals surface area contributed by atoms with Gasteiger partial charge in [0.25, 0.3) is 0 Å². The summed E-state index contributed by atoms with van der Waals surface area (Å²) in [4.78, 5) is 24.5. The minimum atomic E-state index is -0.808. The van der Waals surface area contributed by atoms with Gasteiger partial charge >= 0.3 is 0 Å². The number of hydrogen-bond donors (Lipinski definition) is 0. The van der Waals surface area contributed by atoms with Crippen LogP contribution < -0.4 is 0 Å². The summed E-state index contributed by atoms with van der Waals surface area (Å²) in [7, 11) is 0. The van der Waals surface area contributed by atoms with Crippen LogP contribution in [0.25, 0.3) is 22.5 Å². The Morgan fingerprint density at radius 2 is 0.970 bits per heavy atom. The van der Waals surface area contributed by atoms with Crippen molar-refractivity contribution >= 4 is 0 Å². The van der Waals surface area contributed by atoms with E-state index in [-0.39, 0.29) is 23.7 Å². The fraction of sp³-hybridized carbons (Fsp3) is 0.680. The largest absolute Gasteiger partial charge is 0.352 e. The Morgan fingerprint density at radius 3 is 1.39 bits per heavy atom. The Hall–Kier alpha value is -3.68. The highest BCUT2D eigenvalue weighted by atomic mass is 17.3. The monoisotopic (exact) mass is 908 g/mol. The van der Waals surface area contributed by atoms with Crippen molar-refractivity contribution in [3.63, 3.8) is 0 Å². The van der Waals surface area contributed by atoms with Crippen LogP contribution in [0.5, 0.6) is 0 Å². The van der Waals surface area contributed by atoms with Crippen molar-refractivity contribution in [2.24, 2.45) is 47.3 Å². The summed E-state index contributed by atoms with van der Waals surface area (Å²) in [6.45, 7) is 13.9. The Morgan fingerprint density at radius 1 is 0.545 bits per heavy atom. The third-order valence-corrected chi connectivity index (χ3v) is 17.2. The predicted molar refractivity (Wildman–Crippen MR) is 235 cm³/mol. The van der Waals surface area contributed by atoms with E-state index in [0.29, 0.717) is 49.7 Å². The summed E-state index contributed by atoms with van der Waals surface area (Å²) in [6.07, 6.45) is 11.2. The Balaban J connectivity index is 0.631. The first-order chi connectivity index (χ1) is 31.9. The Labute approximate surface area is 386 Å². The van der Waals surface area contributed by atoms with Crippen LogP contribution in [0, 0.1) is 47.3 Å². The molecule has 16 heteroatoms. The first-order valence-corrected chi connectivity index (χ1v) is 24.6. The molecule has 0 N–H and O–H groups in total. The lowest BCUT2D eigenvalue weighted by molar-refractivity contribution is -0.577. The smallest absolute Gasteiger partial charge is 0.201 e. The molecule has 66 heavy (non-hydrogen) atoms. The van der Waals surface area contributed by atoms with Crippen molar-refractivity contribution in [3.8, 4) is 22.5 Å². The minimum Gasteiger partial charge on any atom is -0.352 e. The molecule has 10 heterocycles. The van der Waals surface area contributed by atoms with Crippen molar-refractivity contribution in [2.75, 3.05) is 13.2 Å². The van der Waals surface area contributed by atoms with Gasteiger partial charge in [-0.25, -0.2) is 28.9 Å². The van der Waals surface area contributed by atoms with Gasteiger partial charge in [-0.3, -0.25) is 0 Å². The highest BCUT2D eigenvalue weighted by Crippen LogP contribution is 2.62. The molecule has 2 aliphatic carbocycles. The average molecular weight is 909 g/mol. The van der Waals surface area contributed by atoms with E-state index < -0.39 is 47.9 Å². The molecule has 8 aliphatic heterocycles. The predicted octanol–water partition coefficient (Wildman–Crippen LogP) is 8.05. The lowest BCUT2D eigenvalue weighted by Gasteiger charge is -2.60. The molecule has 8 saturated heterocycles. The molecule has 354 valence electrons. The van der Waals surface area contributed by atoms with Gasteiger partial charge in [0.1, 0.15) is 0 Å². The molecule has 16 atom stereocenters. The zero-order valence-electron chi connectivity index (χ0n) is 39.0. The van der Waals surface area contributed by atoms with E-state index in [2.05, 4.69) is 96.9 Å². The molecule has 4 bridgehead atoms. The lowest BCUT2D eigenvalue weighted by Crippen LogP contribution is -2.70. The standard InChI is InChI=1S/C50H64N6O10/c1-29-7-17-41-31(3)43(59-45-49(41)39(29)19-23-47(5,61-45)63-65-49)57-25-21-35-27-55(53-51-35)37-13-9-33(10-14-37)34-11-15-38(16-12-34)56-28-36(52-54-56)22-26-58-44-32(4)42-18-8-30(2)40-20-24-48(6)62-46(60-44)50(40,42)66-64-48/h9-16,27-32,39-46H,7-8,17-26H2,1-6H3/t29-,30-,31-,32-,39+,40+,41+,42+,43-,44-,45-,46-,47+,48+,49-,50-/m1/s1. The molecule has 0 unspecified atom stereocenters. The Kier molecular flexibility index (Phi) is 10.9. The molecule has 2 aromatic heterocycles. The van der Waals surface area contributed by atoms with Crippen molar-refractivity contribution < 1.29 is 48.0 Å². The first kappa shape index (κ1) is 43.6. The average Bonchev–Trinajstić information content (AvgIpc) is 3.87. The number of ether oxygens (including phenoxy) is 6. The summed E-state index contributed by atoms with van der Waals surface area (Å²) in [5.41, 5.74) is 4.53. The van der Waals surface area contributed by atoms with Gasteiger partial charge in [0.15, 0.2) is 36.4 Å². The third kappa shape index (κ3) is 7.15. The van der Waals surface area contributed by atoms with Crippen LogP contribution in [0.1, 0.15) is 104 Å². The van der Waals surface area contributed by atoms with E-state index >= 15 is 0 Å². The fourth-order valence-corrected chi connectivity index (χ4v) is 13.4. The van der Waals surface area contributed by atoms with E-state index in [0.717, 1.165) is 85.3 Å². The molecule has 4 aromatic rings. The SMILES string of the molecule is C[C@H]1[C@H](OCCc2cn(-c3ccc(-c4ccc(-n5cc(CCO[C@@H]6O[C@@H]7O[C@]8(C)CC[C@H]9[C@H](C)CC[C@@H]([C@H]6C)[C@@]79OO8)nn5)cc4)cc3)nn2)O[C@@H]2O[C@]3(C)CC[C@H]4[C@H](C)CC[C@@H]1[C@@]24OO3. The number of hydrogen-bond acceptors (Lipinski definition) is 14. The maximum absolute atomic E-state index is 6.60. The van der Waals surface area contributed by atoms with Gasteiger partial charge in [-0.1, -0.05) is 62.4 Å². The van der Waals surface area contributed by atoms with Crippen LogP contribution in [0.15, 0.2) is 60.9 Å². The highest BCUT2D eigenvalue weighted by Gasteiger charge is 2.71. The van der Waals surface area contributed by atoms with Gasteiger partial charge in [-0.15, -0.1) is 10.2 Å². The van der Waals surface area contributed by atoms with Crippen LogP contribution >= 0.6 is 0 Å². The summed E-state index contributed by atoms with van der Waals surface area (Å²) >= 11 is 0. The van der Waals surface area contributed by atoms with Gasteiger partial charge in [-0.2, -0.15) is 0 Å².